The van der Waals surface area contributed by atoms with E-state index in [1.807, 2.05) is 0 Å². The lowest BCUT2D eigenvalue weighted by atomic mass is 10.1. The lowest BCUT2D eigenvalue weighted by Crippen LogP contribution is -2.02. The smallest absolute Gasteiger partial charge is 0.310 e. The summed E-state index contributed by atoms with van der Waals surface area (Å²) in [4.78, 5) is 20.4. The molecule has 0 atom stereocenters. The van der Waals surface area contributed by atoms with Gasteiger partial charge in [0.05, 0.1) is 9.85 Å². The number of hydrogen-bond acceptors (Lipinski definition) is 5. The quantitative estimate of drug-likeness (QED) is 0.433. The van der Waals surface area contributed by atoms with Crippen LogP contribution in [0.15, 0.2) is 42.5 Å². The number of hydrogen-bond donors (Lipinski definition) is 0. The van der Waals surface area contributed by atoms with Crippen LogP contribution in [0, 0.1) is 20.2 Å². The Bertz CT molecular complexity index is 775. The summed E-state index contributed by atoms with van der Waals surface area (Å²) in [6.07, 6.45) is 3.37. The molecule has 0 aliphatic heterocycles. The second kappa shape index (κ2) is 7.82. The number of nitrogens with zero attached hydrogens (tertiary/aromatic N) is 2. The third-order valence-electron chi connectivity index (χ3n) is 3.09. The molecule has 0 aromatic heterocycles. The summed E-state index contributed by atoms with van der Waals surface area (Å²) < 4.78 is 17.3. The van der Waals surface area contributed by atoms with Crippen LogP contribution in [0.25, 0.3) is 12.2 Å². The molecule has 0 spiro atoms. The molecular formula is C16H13FN2O5. The number of nitro benzene ring substituents is 2. The predicted molar refractivity (Wildman–Crippen MR) is 86.6 cm³/mol. The fraction of sp³-hybridized carbons (Fsp3) is 0.125. The number of nitro groups is 2. The Morgan fingerprint density at radius 1 is 0.958 bits per heavy atom. The standard InChI is InChI=1S/C16H13FN2O5/c17-9-10-24-16-11-13(5-8-15(16)19(22)23)2-1-12-3-6-14(7-4-12)18(20)21/h1-8,11H,9-10H2. The van der Waals surface area contributed by atoms with Crippen molar-refractivity contribution < 1.29 is 19.0 Å². The Hall–Kier alpha value is -3.29. The lowest BCUT2D eigenvalue weighted by molar-refractivity contribution is -0.385. The van der Waals surface area contributed by atoms with Gasteiger partial charge in [-0.3, -0.25) is 20.2 Å². The Morgan fingerprint density at radius 3 is 2.17 bits per heavy atom. The zero-order valence-electron chi connectivity index (χ0n) is 12.4. The van der Waals surface area contributed by atoms with Crippen molar-refractivity contribution >= 4 is 23.5 Å². The molecule has 2 aromatic rings. The van der Waals surface area contributed by atoms with Crippen LogP contribution >= 0.6 is 0 Å². The van der Waals surface area contributed by atoms with Crippen LogP contribution in [-0.2, 0) is 0 Å². The largest absolute Gasteiger partial charge is 0.484 e. The van der Waals surface area contributed by atoms with Crippen molar-refractivity contribution in [2.75, 3.05) is 13.3 Å². The van der Waals surface area contributed by atoms with Crippen molar-refractivity contribution in [3.05, 3.63) is 73.8 Å². The van der Waals surface area contributed by atoms with E-state index in [1.54, 1.807) is 24.3 Å². The number of halogens is 1. The fourth-order valence-electron chi connectivity index (χ4n) is 1.95. The zero-order chi connectivity index (χ0) is 17.5. The Morgan fingerprint density at radius 2 is 1.58 bits per heavy atom. The summed E-state index contributed by atoms with van der Waals surface area (Å²) >= 11 is 0. The van der Waals surface area contributed by atoms with Gasteiger partial charge in [0, 0.05) is 18.2 Å². The van der Waals surface area contributed by atoms with Gasteiger partial charge in [0.2, 0.25) is 0 Å². The molecule has 0 saturated carbocycles. The molecule has 0 bridgehead atoms. The molecule has 8 heteroatoms. The summed E-state index contributed by atoms with van der Waals surface area (Å²) in [6, 6.07) is 10.2. The summed E-state index contributed by atoms with van der Waals surface area (Å²) in [5, 5.41) is 21.5. The molecule has 0 saturated heterocycles. The van der Waals surface area contributed by atoms with Crippen LogP contribution in [0.5, 0.6) is 5.75 Å². The van der Waals surface area contributed by atoms with Gasteiger partial charge in [-0.05, 0) is 35.4 Å². The molecule has 2 aromatic carbocycles. The first-order valence-electron chi connectivity index (χ1n) is 6.91. The van der Waals surface area contributed by atoms with Gasteiger partial charge >= 0.3 is 5.69 Å². The highest BCUT2D eigenvalue weighted by Crippen LogP contribution is 2.28. The van der Waals surface area contributed by atoms with Crippen LogP contribution in [0.1, 0.15) is 11.1 Å². The van der Waals surface area contributed by atoms with E-state index in [0.29, 0.717) is 5.56 Å². The van der Waals surface area contributed by atoms with E-state index in [4.69, 9.17) is 4.74 Å². The van der Waals surface area contributed by atoms with Gasteiger partial charge in [0.15, 0.2) is 5.75 Å². The molecular weight excluding hydrogens is 319 g/mol. The number of benzene rings is 2. The average Bonchev–Trinajstić information content (AvgIpc) is 2.58. The van der Waals surface area contributed by atoms with Gasteiger partial charge in [0.1, 0.15) is 13.3 Å². The molecule has 0 amide bonds. The van der Waals surface area contributed by atoms with E-state index in [9.17, 15) is 24.6 Å². The fourth-order valence-corrected chi connectivity index (χ4v) is 1.95. The average molecular weight is 332 g/mol. The number of rotatable bonds is 7. The molecule has 2 rings (SSSR count). The molecule has 7 nitrogen and oxygen atoms in total. The summed E-state index contributed by atoms with van der Waals surface area (Å²) in [5.41, 5.74) is 1.10. The van der Waals surface area contributed by atoms with E-state index in [0.717, 1.165) is 5.56 Å². The van der Waals surface area contributed by atoms with Gasteiger partial charge in [-0.2, -0.15) is 0 Å². The first-order chi connectivity index (χ1) is 11.5. The van der Waals surface area contributed by atoms with Crippen LogP contribution in [0.3, 0.4) is 0 Å². The predicted octanol–water partition coefficient (Wildman–Crippen LogP) is 4.02. The number of alkyl halides is 1. The summed E-state index contributed by atoms with van der Waals surface area (Å²) in [5.74, 6) is -0.0106. The molecule has 0 aliphatic rings. The van der Waals surface area contributed by atoms with Crippen LogP contribution < -0.4 is 4.74 Å². The number of ether oxygens (including phenoxy) is 1. The molecule has 0 fully saturated rings. The minimum atomic E-state index is -0.750. The highest BCUT2D eigenvalue weighted by Gasteiger charge is 2.15. The van der Waals surface area contributed by atoms with Crippen molar-refractivity contribution in [3.8, 4) is 5.75 Å². The van der Waals surface area contributed by atoms with Crippen molar-refractivity contribution in [2.45, 2.75) is 0 Å². The number of non-ortho nitro benzene ring substituents is 1. The second-order valence-corrected chi connectivity index (χ2v) is 4.70. The van der Waals surface area contributed by atoms with Gasteiger partial charge in [0.25, 0.3) is 5.69 Å². The minimum absolute atomic E-state index is 0.00982. The first kappa shape index (κ1) is 17.1. The van der Waals surface area contributed by atoms with Crippen LogP contribution in [0.2, 0.25) is 0 Å². The van der Waals surface area contributed by atoms with Crippen molar-refractivity contribution in [3.63, 3.8) is 0 Å². The monoisotopic (exact) mass is 332 g/mol. The SMILES string of the molecule is O=[N+]([O-])c1ccc(C=Cc2ccc([N+](=O)[O-])c(OCCF)c2)cc1. The van der Waals surface area contributed by atoms with E-state index in [2.05, 4.69) is 0 Å². The Kier molecular flexibility index (Phi) is 5.56. The summed E-state index contributed by atoms with van der Waals surface area (Å²) in [6.45, 7) is -1.02. The topological polar surface area (TPSA) is 95.5 Å². The van der Waals surface area contributed by atoms with E-state index >= 15 is 0 Å². The molecule has 124 valence electrons. The van der Waals surface area contributed by atoms with Gasteiger partial charge < -0.3 is 4.74 Å². The van der Waals surface area contributed by atoms with Crippen molar-refractivity contribution in [2.24, 2.45) is 0 Å². The molecule has 24 heavy (non-hydrogen) atoms. The maximum atomic E-state index is 12.2. The second-order valence-electron chi connectivity index (χ2n) is 4.70. The molecule has 0 heterocycles. The van der Waals surface area contributed by atoms with Crippen molar-refractivity contribution in [1.82, 2.24) is 0 Å². The maximum absolute atomic E-state index is 12.2. The minimum Gasteiger partial charge on any atom is -0.484 e. The Balaban J connectivity index is 2.22. The third-order valence-corrected chi connectivity index (χ3v) is 3.09. The molecule has 0 unspecified atom stereocenters. The third kappa shape index (κ3) is 4.35. The van der Waals surface area contributed by atoms with Gasteiger partial charge in [-0.1, -0.05) is 12.2 Å². The van der Waals surface area contributed by atoms with E-state index in [-0.39, 0.29) is 23.7 Å². The lowest BCUT2D eigenvalue weighted by Gasteiger charge is -2.05. The summed E-state index contributed by atoms with van der Waals surface area (Å²) in [7, 11) is 0. The van der Waals surface area contributed by atoms with Crippen molar-refractivity contribution in [1.29, 1.82) is 0 Å². The highest BCUT2D eigenvalue weighted by molar-refractivity contribution is 5.71. The zero-order valence-corrected chi connectivity index (χ0v) is 12.4. The maximum Gasteiger partial charge on any atom is 0.310 e. The highest BCUT2D eigenvalue weighted by atomic mass is 19.1. The van der Waals surface area contributed by atoms with Crippen LogP contribution in [-0.4, -0.2) is 23.1 Å². The van der Waals surface area contributed by atoms with Gasteiger partial charge in [-0.25, -0.2) is 4.39 Å². The molecule has 0 N–H and O–H groups in total. The van der Waals surface area contributed by atoms with Gasteiger partial charge in [-0.15, -0.1) is 0 Å². The normalized spacial score (nSPS) is 10.7. The Labute approximate surface area is 136 Å². The first-order valence-corrected chi connectivity index (χ1v) is 6.91. The van der Waals surface area contributed by atoms with E-state index in [1.165, 1.54) is 30.3 Å². The molecule has 0 aliphatic carbocycles. The molecule has 0 radical (unpaired) electrons. The van der Waals surface area contributed by atoms with Crippen LogP contribution in [0.4, 0.5) is 15.8 Å². The van der Waals surface area contributed by atoms with E-state index < -0.39 is 16.5 Å².